The second-order valence-corrected chi connectivity index (χ2v) is 4.14. The monoisotopic (exact) mass is 300 g/mol. The highest BCUT2D eigenvalue weighted by molar-refractivity contribution is 5.56. The van der Waals surface area contributed by atoms with Crippen LogP contribution in [0, 0.1) is 0 Å². The Morgan fingerprint density at radius 3 is 2.05 bits per heavy atom. The van der Waals surface area contributed by atoms with Gasteiger partial charge in [-0.25, -0.2) is 0 Å². The van der Waals surface area contributed by atoms with Gasteiger partial charge in [0.15, 0.2) is 12.6 Å². The third-order valence-corrected chi connectivity index (χ3v) is 2.54. The largest absolute Gasteiger partial charge is 0.394 e. The van der Waals surface area contributed by atoms with Gasteiger partial charge in [-0.1, -0.05) is 0 Å². The summed E-state index contributed by atoms with van der Waals surface area (Å²) >= 11 is 0. The summed E-state index contributed by atoms with van der Waals surface area (Å²) < 4.78 is 4.47. The molecule has 0 radical (unpaired) electrons. The number of ether oxygens (including phenoxy) is 1. The van der Waals surface area contributed by atoms with E-state index in [1.54, 1.807) is 0 Å². The van der Waals surface area contributed by atoms with E-state index in [1.165, 1.54) is 0 Å². The SMILES string of the molecule is O=CC(O)C(O)C(O)CO.OC1OC[C@@H](O)[C@H](O)[C@H]1O. The highest BCUT2D eigenvalue weighted by Gasteiger charge is 2.36. The van der Waals surface area contributed by atoms with E-state index >= 15 is 0 Å². The van der Waals surface area contributed by atoms with E-state index in [4.69, 9.17) is 40.9 Å². The lowest BCUT2D eigenvalue weighted by Gasteiger charge is -2.31. The van der Waals surface area contributed by atoms with Crippen molar-refractivity contribution in [1.82, 2.24) is 0 Å². The maximum absolute atomic E-state index is 9.76. The van der Waals surface area contributed by atoms with Gasteiger partial charge in [0.1, 0.15) is 36.6 Å². The fourth-order valence-electron chi connectivity index (χ4n) is 1.21. The van der Waals surface area contributed by atoms with Gasteiger partial charge >= 0.3 is 0 Å². The minimum absolute atomic E-state index is 0.0869. The quantitative estimate of drug-likeness (QED) is 0.233. The molecule has 0 aromatic carbocycles. The number of hydrogen-bond acceptors (Lipinski definition) is 10. The first-order valence-electron chi connectivity index (χ1n) is 5.70. The Bertz CT molecular complexity index is 261. The van der Waals surface area contributed by atoms with Gasteiger partial charge in [-0.15, -0.1) is 0 Å². The Balaban J connectivity index is 0.000000361. The number of aldehydes is 1. The number of hydrogen-bond donors (Lipinski definition) is 8. The first kappa shape index (κ1) is 19.3. The molecule has 0 aromatic heterocycles. The summed E-state index contributed by atoms with van der Waals surface area (Å²) in [5, 5.41) is 69.3. The lowest BCUT2D eigenvalue weighted by Crippen LogP contribution is -2.52. The number of aliphatic hydroxyl groups excluding tert-OH is 8. The molecule has 20 heavy (non-hydrogen) atoms. The average Bonchev–Trinajstić information content (AvgIpc) is 2.47. The molecule has 0 saturated carbocycles. The van der Waals surface area contributed by atoms with Crippen molar-refractivity contribution in [2.75, 3.05) is 13.2 Å². The molecule has 1 aliphatic heterocycles. The average molecular weight is 300 g/mol. The second kappa shape index (κ2) is 9.28. The van der Waals surface area contributed by atoms with Gasteiger partial charge in [0, 0.05) is 0 Å². The Labute approximate surface area is 114 Å². The zero-order valence-electron chi connectivity index (χ0n) is 10.4. The van der Waals surface area contributed by atoms with Crippen molar-refractivity contribution in [3.8, 4) is 0 Å². The lowest BCUT2D eigenvalue weighted by molar-refractivity contribution is -0.252. The van der Waals surface area contributed by atoms with Crippen LogP contribution in [-0.4, -0.2) is 103 Å². The van der Waals surface area contributed by atoms with Gasteiger partial charge in [-0.2, -0.15) is 0 Å². The van der Waals surface area contributed by atoms with Gasteiger partial charge in [-0.3, -0.25) is 0 Å². The van der Waals surface area contributed by atoms with Crippen molar-refractivity contribution in [1.29, 1.82) is 0 Å². The maximum Gasteiger partial charge on any atom is 0.183 e. The number of carbonyl (C=O) groups is 1. The minimum atomic E-state index is -1.64. The predicted octanol–water partition coefficient (Wildman–Crippen LogP) is -5.32. The summed E-state index contributed by atoms with van der Waals surface area (Å²) in [7, 11) is 0. The van der Waals surface area contributed by atoms with Gasteiger partial charge < -0.3 is 50.4 Å². The Morgan fingerprint density at radius 1 is 1.10 bits per heavy atom. The fraction of sp³-hybridized carbons (Fsp3) is 0.900. The highest BCUT2D eigenvalue weighted by Crippen LogP contribution is 2.12. The van der Waals surface area contributed by atoms with Crippen LogP contribution in [0.4, 0.5) is 0 Å². The molecule has 4 unspecified atom stereocenters. The molecule has 1 fully saturated rings. The van der Waals surface area contributed by atoms with E-state index in [9.17, 15) is 4.79 Å². The van der Waals surface area contributed by atoms with Crippen LogP contribution in [0.25, 0.3) is 0 Å². The molecule has 0 bridgehead atoms. The van der Waals surface area contributed by atoms with E-state index in [2.05, 4.69) is 4.74 Å². The molecule has 0 spiro atoms. The van der Waals surface area contributed by atoms with Gasteiger partial charge in [0.2, 0.25) is 0 Å². The second-order valence-electron chi connectivity index (χ2n) is 4.14. The molecule has 120 valence electrons. The van der Waals surface area contributed by atoms with E-state index in [1.807, 2.05) is 0 Å². The summed E-state index contributed by atoms with van der Waals surface area (Å²) in [4.78, 5) is 9.76. The number of aliphatic hydroxyl groups is 8. The van der Waals surface area contributed by atoms with E-state index in [0.717, 1.165) is 0 Å². The molecule has 1 rings (SSSR count). The topological polar surface area (TPSA) is 188 Å². The molecule has 8 N–H and O–H groups in total. The normalized spacial score (nSPS) is 34.4. The summed E-state index contributed by atoms with van der Waals surface area (Å²) in [5.74, 6) is 0. The van der Waals surface area contributed by atoms with Crippen molar-refractivity contribution in [2.45, 2.75) is 42.9 Å². The van der Waals surface area contributed by atoms with Crippen molar-refractivity contribution >= 4 is 6.29 Å². The van der Waals surface area contributed by atoms with E-state index in [-0.39, 0.29) is 12.9 Å². The summed E-state index contributed by atoms with van der Waals surface area (Å²) in [6, 6.07) is 0. The van der Waals surface area contributed by atoms with Crippen LogP contribution in [0.2, 0.25) is 0 Å². The molecular weight excluding hydrogens is 280 g/mol. The standard InChI is InChI=1S/2C5H10O5/c6-2-1-10-5(9)4(8)3(2)7;6-1-3(8)5(10)4(9)2-7/h2-9H,1H2;1,3-5,7-10H,2H2/t2-,3+,4-,5?;/m1./s1. The van der Waals surface area contributed by atoms with Crippen molar-refractivity contribution in [3.05, 3.63) is 0 Å². The van der Waals surface area contributed by atoms with Gasteiger partial charge in [0.05, 0.1) is 13.2 Å². The number of rotatable bonds is 4. The smallest absolute Gasteiger partial charge is 0.183 e. The third-order valence-electron chi connectivity index (χ3n) is 2.54. The Morgan fingerprint density at radius 2 is 1.65 bits per heavy atom. The van der Waals surface area contributed by atoms with Crippen LogP contribution in [0.5, 0.6) is 0 Å². The van der Waals surface area contributed by atoms with Crippen LogP contribution in [0.3, 0.4) is 0 Å². The molecule has 0 aliphatic carbocycles. The van der Waals surface area contributed by atoms with Crippen LogP contribution in [0.1, 0.15) is 0 Å². The highest BCUT2D eigenvalue weighted by atomic mass is 16.6. The molecule has 10 nitrogen and oxygen atoms in total. The number of carbonyl (C=O) groups excluding carboxylic acids is 1. The van der Waals surface area contributed by atoms with Crippen molar-refractivity contribution in [3.63, 3.8) is 0 Å². The first-order chi connectivity index (χ1) is 9.26. The minimum Gasteiger partial charge on any atom is -0.394 e. The first-order valence-corrected chi connectivity index (χ1v) is 5.70. The van der Waals surface area contributed by atoms with Crippen LogP contribution in [0.15, 0.2) is 0 Å². The van der Waals surface area contributed by atoms with Gasteiger partial charge in [-0.05, 0) is 0 Å². The lowest BCUT2D eigenvalue weighted by atomic mass is 10.1. The van der Waals surface area contributed by atoms with Gasteiger partial charge in [0.25, 0.3) is 0 Å². The van der Waals surface area contributed by atoms with Crippen LogP contribution >= 0.6 is 0 Å². The molecular formula is C10H20O10. The van der Waals surface area contributed by atoms with Crippen molar-refractivity contribution < 1.29 is 50.4 Å². The predicted molar refractivity (Wildman–Crippen MR) is 61.1 cm³/mol. The molecule has 1 saturated heterocycles. The third kappa shape index (κ3) is 5.75. The Hall–Kier alpha value is -0.690. The van der Waals surface area contributed by atoms with E-state index < -0.39 is 49.5 Å². The van der Waals surface area contributed by atoms with Crippen LogP contribution in [-0.2, 0) is 9.53 Å². The Kier molecular flexibility index (Phi) is 8.96. The van der Waals surface area contributed by atoms with Crippen molar-refractivity contribution in [2.24, 2.45) is 0 Å². The zero-order valence-corrected chi connectivity index (χ0v) is 10.4. The summed E-state index contributed by atoms with van der Waals surface area (Å²) in [6.07, 6.45) is -9.86. The molecule has 7 atom stereocenters. The molecule has 10 heteroatoms. The molecule has 1 aliphatic rings. The van der Waals surface area contributed by atoms with E-state index in [0.29, 0.717) is 0 Å². The summed E-state index contributed by atoms with van der Waals surface area (Å²) in [6.45, 7) is -0.842. The fourth-order valence-corrected chi connectivity index (χ4v) is 1.21. The summed E-state index contributed by atoms with van der Waals surface area (Å²) in [5.41, 5.74) is 0. The maximum atomic E-state index is 9.76. The molecule has 0 aromatic rings. The molecule has 0 amide bonds. The zero-order chi connectivity index (χ0) is 15.9. The van der Waals surface area contributed by atoms with Crippen LogP contribution < -0.4 is 0 Å². The molecule has 1 heterocycles.